The second-order valence-corrected chi connectivity index (χ2v) is 4.24. The van der Waals surface area contributed by atoms with E-state index in [1.54, 1.807) is 6.07 Å². The summed E-state index contributed by atoms with van der Waals surface area (Å²) in [6, 6.07) is 1.57. The van der Waals surface area contributed by atoms with Crippen LogP contribution in [0.25, 0.3) is 0 Å². The van der Waals surface area contributed by atoms with Crippen molar-refractivity contribution in [2.24, 2.45) is 5.92 Å². The summed E-state index contributed by atoms with van der Waals surface area (Å²) in [7, 11) is 0. The fraction of sp³-hybridized carbons (Fsp3) is 0.545. The van der Waals surface area contributed by atoms with Gasteiger partial charge in [-0.1, -0.05) is 13.8 Å². The largest absolute Gasteiger partial charge is 0.452 e. The van der Waals surface area contributed by atoms with Crippen molar-refractivity contribution in [3.63, 3.8) is 0 Å². The van der Waals surface area contributed by atoms with Crippen LogP contribution in [-0.4, -0.2) is 12.5 Å². The Morgan fingerprint density at radius 1 is 1.60 bits per heavy atom. The molecule has 0 aliphatic carbocycles. The Kier molecular flexibility index (Phi) is 4.69. The first-order valence-corrected chi connectivity index (χ1v) is 5.50. The van der Waals surface area contributed by atoms with E-state index in [-0.39, 0.29) is 11.1 Å². The summed E-state index contributed by atoms with van der Waals surface area (Å²) >= 11 is 5.67. The van der Waals surface area contributed by atoms with Crippen LogP contribution in [0.2, 0.25) is 5.22 Å². The predicted octanol–water partition coefficient (Wildman–Crippen LogP) is 3.10. The average molecular weight is 230 g/mol. The first-order chi connectivity index (χ1) is 7.11. The standard InChI is InChI=1S/C11H16ClNO2/c1-8(2)4-3-6-13-11(14)9-5-7-15-10(9)12/h5,7-8H,3-4,6H2,1-2H3,(H,13,14). The lowest BCUT2D eigenvalue weighted by Gasteiger charge is -2.05. The van der Waals surface area contributed by atoms with Crippen LogP contribution >= 0.6 is 11.6 Å². The summed E-state index contributed by atoms with van der Waals surface area (Å²) in [5.74, 6) is 0.497. The normalized spacial score (nSPS) is 10.7. The zero-order chi connectivity index (χ0) is 11.3. The lowest BCUT2D eigenvalue weighted by Crippen LogP contribution is -2.24. The number of halogens is 1. The molecule has 1 aromatic rings. The fourth-order valence-electron chi connectivity index (χ4n) is 1.26. The Morgan fingerprint density at radius 3 is 2.87 bits per heavy atom. The third-order valence-corrected chi connectivity index (χ3v) is 2.40. The zero-order valence-electron chi connectivity index (χ0n) is 9.05. The molecule has 0 fully saturated rings. The summed E-state index contributed by atoms with van der Waals surface area (Å²) in [4.78, 5) is 11.5. The van der Waals surface area contributed by atoms with Crippen LogP contribution in [0.1, 0.15) is 37.0 Å². The Bertz CT molecular complexity index is 320. The van der Waals surface area contributed by atoms with Crippen LogP contribution in [0.3, 0.4) is 0 Å². The van der Waals surface area contributed by atoms with Gasteiger partial charge < -0.3 is 9.73 Å². The van der Waals surface area contributed by atoms with Gasteiger partial charge in [0.2, 0.25) is 5.22 Å². The number of hydrogen-bond acceptors (Lipinski definition) is 2. The molecule has 1 aromatic heterocycles. The maximum atomic E-state index is 11.5. The molecular formula is C11H16ClNO2. The van der Waals surface area contributed by atoms with Gasteiger partial charge in [-0.2, -0.15) is 0 Å². The number of furan rings is 1. The highest BCUT2D eigenvalue weighted by molar-refractivity contribution is 6.32. The molecule has 1 amide bonds. The van der Waals surface area contributed by atoms with Crippen molar-refractivity contribution in [2.45, 2.75) is 26.7 Å². The third kappa shape index (κ3) is 3.96. The minimum atomic E-state index is -0.169. The van der Waals surface area contributed by atoms with Crippen molar-refractivity contribution in [3.8, 4) is 0 Å². The van der Waals surface area contributed by atoms with E-state index in [1.807, 2.05) is 0 Å². The summed E-state index contributed by atoms with van der Waals surface area (Å²) < 4.78 is 4.83. The molecule has 0 saturated heterocycles. The van der Waals surface area contributed by atoms with E-state index in [4.69, 9.17) is 16.0 Å². The van der Waals surface area contributed by atoms with Crippen LogP contribution in [-0.2, 0) is 0 Å². The summed E-state index contributed by atoms with van der Waals surface area (Å²) in [5.41, 5.74) is 0.404. The van der Waals surface area contributed by atoms with Gasteiger partial charge >= 0.3 is 0 Å². The molecule has 0 aliphatic rings. The van der Waals surface area contributed by atoms with Crippen molar-refractivity contribution in [2.75, 3.05) is 6.54 Å². The minimum Gasteiger partial charge on any atom is -0.452 e. The fourth-order valence-corrected chi connectivity index (χ4v) is 1.46. The highest BCUT2D eigenvalue weighted by Crippen LogP contribution is 2.16. The highest BCUT2D eigenvalue weighted by Gasteiger charge is 2.11. The zero-order valence-corrected chi connectivity index (χ0v) is 9.80. The van der Waals surface area contributed by atoms with Crippen LogP contribution in [0, 0.1) is 5.92 Å². The van der Waals surface area contributed by atoms with Gasteiger partial charge in [0.1, 0.15) is 0 Å². The van der Waals surface area contributed by atoms with Crippen molar-refractivity contribution >= 4 is 17.5 Å². The van der Waals surface area contributed by atoms with Gasteiger partial charge in [-0.3, -0.25) is 4.79 Å². The molecule has 0 spiro atoms. The predicted molar refractivity (Wildman–Crippen MR) is 60.1 cm³/mol. The maximum Gasteiger partial charge on any atom is 0.256 e. The molecule has 0 unspecified atom stereocenters. The molecular weight excluding hydrogens is 214 g/mol. The Morgan fingerprint density at radius 2 is 2.33 bits per heavy atom. The van der Waals surface area contributed by atoms with Gasteiger partial charge in [-0.15, -0.1) is 0 Å². The molecule has 0 radical (unpaired) electrons. The van der Waals surface area contributed by atoms with Crippen molar-refractivity contribution < 1.29 is 9.21 Å². The van der Waals surface area contributed by atoms with Gasteiger partial charge in [0.25, 0.3) is 5.91 Å². The molecule has 84 valence electrons. The number of carbonyl (C=O) groups is 1. The minimum absolute atomic E-state index is 0.149. The maximum absolute atomic E-state index is 11.5. The average Bonchev–Trinajstić information content (AvgIpc) is 2.58. The Hall–Kier alpha value is -0.960. The van der Waals surface area contributed by atoms with Crippen molar-refractivity contribution in [1.82, 2.24) is 5.32 Å². The third-order valence-electron chi connectivity index (χ3n) is 2.11. The van der Waals surface area contributed by atoms with E-state index in [1.165, 1.54) is 6.26 Å². The summed E-state index contributed by atoms with van der Waals surface area (Å²) in [5, 5.41) is 2.95. The monoisotopic (exact) mass is 229 g/mol. The molecule has 0 atom stereocenters. The van der Waals surface area contributed by atoms with Gasteiger partial charge in [0.15, 0.2) is 0 Å². The first-order valence-electron chi connectivity index (χ1n) is 5.12. The highest BCUT2D eigenvalue weighted by atomic mass is 35.5. The van der Waals surface area contributed by atoms with E-state index < -0.39 is 0 Å². The lowest BCUT2D eigenvalue weighted by atomic mass is 10.1. The Labute approximate surface area is 94.8 Å². The summed E-state index contributed by atoms with van der Waals surface area (Å²) in [6.07, 6.45) is 3.50. The Balaban J connectivity index is 2.28. The van der Waals surface area contributed by atoms with E-state index in [0.29, 0.717) is 18.0 Å². The molecule has 1 N–H and O–H groups in total. The number of rotatable bonds is 5. The SMILES string of the molecule is CC(C)CCCNC(=O)c1ccoc1Cl. The second-order valence-electron chi connectivity index (χ2n) is 3.90. The number of carbonyl (C=O) groups excluding carboxylic acids is 1. The van der Waals surface area contributed by atoms with Crippen LogP contribution < -0.4 is 5.32 Å². The summed E-state index contributed by atoms with van der Waals surface area (Å²) in [6.45, 7) is 5.00. The smallest absolute Gasteiger partial charge is 0.256 e. The molecule has 0 saturated carbocycles. The van der Waals surface area contributed by atoms with E-state index in [0.717, 1.165) is 12.8 Å². The number of hydrogen-bond donors (Lipinski definition) is 1. The van der Waals surface area contributed by atoms with Crippen LogP contribution in [0.4, 0.5) is 0 Å². The number of nitrogens with one attached hydrogen (secondary N) is 1. The molecule has 1 rings (SSSR count). The van der Waals surface area contributed by atoms with E-state index in [9.17, 15) is 4.79 Å². The molecule has 4 heteroatoms. The topological polar surface area (TPSA) is 42.2 Å². The first kappa shape index (κ1) is 12.1. The molecule has 0 aliphatic heterocycles. The second kappa shape index (κ2) is 5.81. The van der Waals surface area contributed by atoms with E-state index in [2.05, 4.69) is 19.2 Å². The van der Waals surface area contributed by atoms with Crippen molar-refractivity contribution in [1.29, 1.82) is 0 Å². The molecule has 1 heterocycles. The van der Waals surface area contributed by atoms with E-state index >= 15 is 0 Å². The number of amides is 1. The van der Waals surface area contributed by atoms with Gasteiger partial charge in [-0.25, -0.2) is 0 Å². The molecule has 0 bridgehead atoms. The lowest BCUT2D eigenvalue weighted by molar-refractivity contribution is 0.0952. The van der Waals surface area contributed by atoms with Gasteiger partial charge in [0, 0.05) is 6.54 Å². The molecule has 3 nitrogen and oxygen atoms in total. The molecule has 15 heavy (non-hydrogen) atoms. The van der Waals surface area contributed by atoms with Gasteiger partial charge in [-0.05, 0) is 36.4 Å². The quantitative estimate of drug-likeness (QED) is 0.789. The molecule has 0 aromatic carbocycles. The van der Waals surface area contributed by atoms with Crippen LogP contribution in [0.5, 0.6) is 0 Å². The van der Waals surface area contributed by atoms with Crippen LogP contribution in [0.15, 0.2) is 16.7 Å². The van der Waals surface area contributed by atoms with Gasteiger partial charge in [0.05, 0.1) is 11.8 Å². The van der Waals surface area contributed by atoms with Crippen molar-refractivity contribution in [3.05, 3.63) is 23.1 Å².